The van der Waals surface area contributed by atoms with Crippen molar-refractivity contribution in [2.45, 2.75) is 33.2 Å². The Morgan fingerprint density at radius 1 is 1.38 bits per heavy atom. The molecule has 0 spiro atoms. The number of rotatable bonds is 5. The Morgan fingerprint density at radius 2 is 2.24 bits per heavy atom. The number of fused-ring (bicyclic) bond motifs is 1. The highest BCUT2D eigenvalue weighted by Gasteiger charge is 2.16. The summed E-state index contributed by atoms with van der Waals surface area (Å²) in [4.78, 5) is 9.89. The van der Waals surface area contributed by atoms with Gasteiger partial charge in [-0.25, -0.2) is 4.98 Å². The van der Waals surface area contributed by atoms with Gasteiger partial charge in [-0.15, -0.1) is 11.3 Å². The maximum atomic E-state index is 4.38. The number of hydrogen-bond acceptors (Lipinski definition) is 5. The molecule has 110 valence electrons. The average Bonchev–Trinajstić information content (AvgIpc) is 3.07. The molecule has 0 saturated carbocycles. The van der Waals surface area contributed by atoms with Crippen LogP contribution in [0, 0.1) is 12.8 Å². The molecule has 0 fully saturated rings. The van der Waals surface area contributed by atoms with Crippen molar-refractivity contribution in [2.75, 3.05) is 5.32 Å². The summed E-state index contributed by atoms with van der Waals surface area (Å²) in [5.74, 6) is 2.18. The van der Waals surface area contributed by atoms with Crippen LogP contribution in [0.2, 0.25) is 0 Å². The largest absolute Gasteiger partial charge is 0.362 e. The Labute approximate surface area is 128 Å². The van der Waals surface area contributed by atoms with E-state index in [1.165, 1.54) is 11.2 Å². The molecule has 21 heavy (non-hydrogen) atoms. The van der Waals surface area contributed by atoms with Crippen LogP contribution in [0.25, 0.3) is 5.78 Å². The Kier molecular flexibility index (Phi) is 3.88. The zero-order valence-corrected chi connectivity index (χ0v) is 13.3. The number of aryl methyl sites for hydroxylation is 1. The third kappa shape index (κ3) is 3.05. The minimum absolute atomic E-state index is 0.277. The molecule has 1 atom stereocenters. The second-order valence-electron chi connectivity index (χ2n) is 5.60. The van der Waals surface area contributed by atoms with Gasteiger partial charge in [-0.05, 0) is 30.7 Å². The van der Waals surface area contributed by atoms with Crippen LogP contribution in [0.5, 0.6) is 0 Å². The van der Waals surface area contributed by atoms with Crippen LogP contribution in [0.4, 0.5) is 5.82 Å². The fraction of sp³-hybridized carbons (Fsp3) is 0.400. The molecule has 0 radical (unpaired) electrons. The SMILES string of the molecule is Cc1cc(NC(CC(C)C)c2cccs2)n2ncnc2n1. The Balaban J connectivity index is 1.95. The third-order valence-corrected chi connectivity index (χ3v) is 4.28. The van der Waals surface area contributed by atoms with Crippen molar-refractivity contribution in [2.24, 2.45) is 5.92 Å². The summed E-state index contributed by atoms with van der Waals surface area (Å²) in [6, 6.07) is 6.57. The monoisotopic (exact) mass is 301 g/mol. The third-order valence-electron chi connectivity index (χ3n) is 3.30. The van der Waals surface area contributed by atoms with Gasteiger partial charge in [-0.2, -0.15) is 14.6 Å². The molecule has 0 aliphatic rings. The van der Waals surface area contributed by atoms with Crippen LogP contribution < -0.4 is 5.32 Å². The van der Waals surface area contributed by atoms with Gasteiger partial charge in [0.25, 0.3) is 5.78 Å². The van der Waals surface area contributed by atoms with Crippen molar-refractivity contribution >= 4 is 22.9 Å². The highest BCUT2D eigenvalue weighted by molar-refractivity contribution is 7.10. The predicted molar refractivity (Wildman–Crippen MR) is 85.7 cm³/mol. The zero-order chi connectivity index (χ0) is 14.8. The van der Waals surface area contributed by atoms with Crippen molar-refractivity contribution < 1.29 is 0 Å². The summed E-state index contributed by atoms with van der Waals surface area (Å²) in [7, 11) is 0. The van der Waals surface area contributed by atoms with Gasteiger partial charge < -0.3 is 5.32 Å². The van der Waals surface area contributed by atoms with E-state index in [1.54, 1.807) is 15.9 Å². The van der Waals surface area contributed by atoms with E-state index < -0.39 is 0 Å². The molecule has 3 rings (SSSR count). The maximum Gasteiger partial charge on any atom is 0.254 e. The molecule has 3 aromatic rings. The first kappa shape index (κ1) is 14.0. The molecular formula is C15H19N5S. The van der Waals surface area contributed by atoms with Gasteiger partial charge in [0.05, 0.1) is 6.04 Å². The van der Waals surface area contributed by atoms with Gasteiger partial charge in [0.2, 0.25) is 0 Å². The van der Waals surface area contributed by atoms with Gasteiger partial charge in [0.15, 0.2) is 0 Å². The van der Waals surface area contributed by atoms with Crippen molar-refractivity contribution in [3.63, 3.8) is 0 Å². The lowest BCUT2D eigenvalue weighted by atomic mass is 10.0. The first-order valence-corrected chi connectivity index (χ1v) is 7.99. The summed E-state index contributed by atoms with van der Waals surface area (Å²) in [6.45, 7) is 6.46. The van der Waals surface area contributed by atoms with Crippen LogP contribution in [-0.4, -0.2) is 19.6 Å². The Bertz CT molecular complexity index is 717. The van der Waals surface area contributed by atoms with E-state index in [-0.39, 0.29) is 6.04 Å². The second kappa shape index (κ2) is 5.81. The normalized spacial score (nSPS) is 13.0. The smallest absolute Gasteiger partial charge is 0.254 e. The van der Waals surface area contributed by atoms with Gasteiger partial charge in [-0.3, -0.25) is 0 Å². The molecule has 0 bridgehead atoms. The highest BCUT2D eigenvalue weighted by Crippen LogP contribution is 2.29. The summed E-state index contributed by atoms with van der Waals surface area (Å²) in [6.07, 6.45) is 2.60. The van der Waals surface area contributed by atoms with Crippen molar-refractivity contribution in [1.82, 2.24) is 19.6 Å². The topological polar surface area (TPSA) is 55.1 Å². The number of thiophene rings is 1. The van der Waals surface area contributed by atoms with E-state index in [2.05, 4.69) is 51.7 Å². The van der Waals surface area contributed by atoms with Gasteiger partial charge in [-0.1, -0.05) is 19.9 Å². The van der Waals surface area contributed by atoms with Crippen molar-refractivity contribution in [3.05, 3.63) is 40.5 Å². The van der Waals surface area contributed by atoms with E-state index in [1.807, 2.05) is 13.0 Å². The summed E-state index contributed by atoms with van der Waals surface area (Å²) < 4.78 is 1.76. The predicted octanol–water partition coefficient (Wildman–Crippen LogP) is 3.69. The first-order valence-electron chi connectivity index (χ1n) is 7.11. The molecule has 1 unspecified atom stereocenters. The summed E-state index contributed by atoms with van der Waals surface area (Å²) in [5.41, 5.74) is 0.937. The second-order valence-corrected chi connectivity index (χ2v) is 6.58. The Hall–Kier alpha value is -1.95. The minimum atomic E-state index is 0.277. The van der Waals surface area contributed by atoms with Crippen LogP contribution in [0.1, 0.15) is 36.9 Å². The number of aromatic nitrogens is 4. The molecule has 3 aromatic heterocycles. The van der Waals surface area contributed by atoms with Gasteiger partial charge in [0, 0.05) is 16.6 Å². The summed E-state index contributed by atoms with van der Waals surface area (Å²) in [5, 5.41) is 9.99. The van der Waals surface area contributed by atoms with E-state index >= 15 is 0 Å². The maximum absolute atomic E-state index is 4.38. The fourth-order valence-electron chi connectivity index (χ4n) is 2.42. The molecule has 0 aliphatic carbocycles. The number of nitrogens with one attached hydrogen (secondary N) is 1. The van der Waals surface area contributed by atoms with Crippen LogP contribution in [0.15, 0.2) is 29.9 Å². The van der Waals surface area contributed by atoms with Crippen LogP contribution in [-0.2, 0) is 0 Å². The van der Waals surface area contributed by atoms with Crippen molar-refractivity contribution in [3.8, 4) is 0 Å². The minimum Gasteiger partial charge on any atom is -0.362 e. The van der Waals surface area contributed by atoms with Crippen molar-refractivity contribution in [1.29, 1.82) is 0 Å². The molecule has 0 aromatic carbocycles. The molecule has 5 nitrogen and oxygen atoms in total. The fourth-order valence-corrected chi connectivity index (χ4v) is 3.21. The molecule has 3 heterocycles. The molecule has 1 N–H and O–H groups in total. The van der Waals surface area contributed by atoms with Gasteiger partial charge in [0.1, 0.15) is 12.1 Å². The lowest BCUT2D eigenvalue weighted by molar-refractivity contribution is 0.533. The highest BCUT2D eigenvalue weighted by atomic mass is 32.1. The molecule has 0 amide bonds. The number of anilines is 1. The molecule has 0 saturated heterocycles. The quantitative estimate of drug-likeness (QED) is 0.781. The molecule has 0 aliphatic heterocycles. The lowest BCUT2D eigenvalue weighted by Gasteiger charge is -2.21. The van der Waals surface area contributed by atoms with Crippen LogP contribution >= 0.6 is 11.3 Å². The zero-order valence-electron chi connectivity index (χ0n) is 12.4. The van der Waals surface area contributed by atoms with E-state index in [0.717, 1.165) is 17.9 Å². The number of nitrogens with zero attached hydrogens (tertiary/aromatic N) is 4. The molecular weight excluding hydrogens is 282 g/mol. The summed E-state index contributed by atoms with van der Waals surface area (Å²) >= 11 is 1.78. The van der Waals surface area contributed by atoms with E-state index in [9.17, 15) is 0 Å². The number of hydrogen-bond donors (Lipinski definition) is 1. The van der Waals surface area contributed by atoms with E-state index in [0.29, 0.717) is 11.7 Å². The van der Waals surface area contributed by atoms with E-state index in [4.69, 9.17) is 0 Å². The lowest BCUT2D eigenvalue weighted by Crippen LogP contribution is -2.15. The first-order chi connectivity index (χ1) is 10.1. The van der Waals surface area contributed by atoms with Gasteiger partial charge >= 0.3 is 0 Å². The average molecular weight is 301 g/mol. The molecule has 6 heteroatoms. The van der Waals surface area contributed by atoms with Crippen LogP contribution in [0.3, 0.4) is 0 Å². The standard InChI is InChI=1S/C15H19N5S/c1-10(2)7-12(13-5-4-6-21-13)19-14-8-11(3)18-15-16-9-17-20(14)15/h4-6,8-10,12,19H,7H2,1-3H3. The Morgan fingerprint density at radius 3 is 2.95 bits per heavy atom.